The van der Waals surface area contributed by atoms with Crippen molar-refractivity contribution in [3.05, 3.63) is 23.8 Å². The number of carbonyl (C=O) groups is 2. The van der Waals surface area contributed by atoms with Gasteiger partial charge in [-0.15, -0.1) is 0 Å². The van der Waals surface area contributed by atoms with Crippen LogP contribution in [0.3, 0.4) is 0 Å². The third-order valence-corrected chi connectivity index (χ3v) is 3.62. The molecule has 0 fully saturated rings. The predicted octanol–water partition coefficient (Wildman–Crippen LogP) is 0.482. The molecule has 9 heteroatoms. The molecule has 1 unspecified atom stereocenters. The maximum atomic E-state index is 11.6. The number of phenolic OH excluding ortho intramolecular Hbond substituents is 1. The second-order valence-electron chi connectivity index (χ2n) is 5.72. The van der Waals surface area contributed by atoms with Crippen molar-refractivity contribution in [2.24, 2.45) is 0 Å². The Morgan fingerprint density at radius 3 is 2.67 bits per heavy atom. The lowest BCUT2D eigenvalue weighted by atomic mass is 9.90. The van der Waals surface area contributed by atoms with E-state index in [0.717, 1.165) is 5.56 Å². The molecule has 152 valence electrons. The Labute approximate surface area is 158 Å². The van der Waals surface area contributed by atoms with Gasteiger partial charge in [0.1, 0.15) is 11.5 Å². The lowest BCUT2D eigenvalue weighted by molar-refractivity contribution is -0.135. The van der Waals surface area contributed by atoms with E-state index in [1.165, 1.54) is 6.07 Å². The van der Waals surface area contributed by atoms with Crippen LogP contribution in [-0.4, -0.2) is 66.8 Å². The van der Waals surface area contributed by atoms with Gasteiger partial charge in [-0.1, -0.05) is 6.07 Å². The van der Waals surface area contributed by atoms with Gasteiger partial charge in [-0.25, -0.2) is 4.79 Å². The fourth-order valence-corrected chi connectivity index (χ4v) is 2.51. The summed E-state index contributed by atoms with van der Waals surface area (Å²) in [7, 11) is 0. The zero-order valence-electron chi connectivity index (χ0n) is 15.4. The van der Waals surface area contributed by atoms with Crippen molar-refractivity contribution in [2.75, 3.05) is 39.5 Å². The Morgan fingerprint density at radius 1 is 1.26 bits per heavy atom. The lowest BCUT2D eigenvalue weighted by Crippen LogP contribution is -2.38. The van der Waals surface area contributed by atoms with E-state index in [1.54, 1.807) is 19.1 Å². The second kappa shape index (κ2) is 12.9. The molecular weight excluding hydrogens is 356 g/mol. The fraction of sp³-hybridized carbons (Fsp3) is 0.556. The van der Waals surface area contributed by atoms with Gasteiger partial charge in [0.25, 0.3) is 0 Å². The van der Waals surface area contributed by atoms with Crippen molar-refractivity contribution in [2.45, 2.75) is 25.7 Å². The first-order valence-corrected chi connectivity index (χ1v) is 8.86. The Balaban J connectivity index is 0.00000114. The van der Waals surface area contributed by atoms with Crippen molar-refractivity contribution in [3.8, 4) is 11.5 Å². The number of aliphatic hydroxyl groups excluding tert-OH is 2. The summed E-state index contributed by atoms with van der Waals surface area (Å²) in [6.07, 6.45) is 0.831. The summed E-state index contributed by atoms with van der Waals surface area (Å²) < 4.78 is 10.2. The van der Waals surface area contributed by atoms with Gasteiger partial charge in [-0.05, 0) is 30.9 Å². The Morgan fingerprint density at radius 2 is 1.96 bits per heavy atom. The quantitative estimate of drug-likeness (QED) is 0.250. The number of esters is 1. The van der Waals surface area contributed by atoms with E-state index in [0.29, 0.717) is 31.9 Å². The van der Waals surface area contributed by atoms with Crippen LogP contribution >= 0.6 is 0 Å². The van der Waals surface area contributed by atoms with Crippen LogP contribution in [0.1, 0.15) is 31.2 Å². The summed E-state index contributed by atoms with van der Waals surface area (Å²) in [4.78, 5) is 23.3. The predicted molar refractivity (Wildman–Crippen MR) is 97.8 cm³/mol. The average Bonchev–Trinajstić information content (AvgIpc) is 2.61. The number of aliphatic hydroxyl groups is 2. The van der Waals surface area contributed by atoms with Crippen LogP contribution in [0.25, 0.3) is 0 Å². The molecule has 2 amide bonds. The molecular formula is C18H28N2O7. The summed E-state index contributed by atoms with van der Waals surface area (Å²) in [6.45, 7) is 3.22. The van der Waals surface area contributed by atoms with E-state index in [9.17, 15) is 14.7 Å². The van der Waals surface area contributed by atoms with Crippen LogP contribution in [0.4, 0.5) is 4.79 Å². The van der Waals surface area contributed by atoms with Crippen LogP contribution in [0.2, 0.25) is 0 Å². The maximum Gasteiger partial charge on any atom is 0.314 e. The first-order valence-electron chi connectivity index (χ1n) is 8.86. The Kier molecular flexibility index (Phi) is 10.8. The Hall–Kier alpha value is -2.36. The molecule has 27 heavy (non-hydrogen) atoms. The fourth-order valence-electron chi connectivity index (χ4n) is 2.51. The first-order chi connectivity index (χ1) is 13.0. The van der Waals surface area contributed by atoms with Crippen LogP contribution in [0.15, 0.2) is 18.2 Å². The first kappa shape index (κ1) is 22.7. The highest BCUT2D eigenvalue weighted by Crippen LogP contribution is 2.37. The Bertz CT molecular complexity index is 595. The average molecular weight is 384 g/mol. The lowest BCUT2D eigenvalue weighted by Gasteiger charge is -2.24. The molecule has 1 aromatic carbocycles. The molecule has 1 heterocycles. The number of rotatable bonds is 8. The molecule has 0 saturated carbocycles. The number of urea groups is 1. The number of fused-ring (bicyclic) bond motifs is 1. The van der Waals surface area contributed by atoms with E-state index in [1.807, 2.05) is 0 Å². The van der Waals surface area contributed by atoms with E-state index in [-0.39, 0.29) is 49.9 Å². The van der Waals surface area contributed by atoms with Crippen molar-refractivity contribution < 1.29 is 34.4 Å². The van der Waals surface area contributed by atoms with E-state index in [4.69, 9.17) is 19.7 Å². The SMILES string of the molecule is CCO.O=C(NCCOCCO)NCCC1CC(=O)Oc2cc(O)ccc21. The third-order valence-electron chi connectivity index (χ3n) is 3.62. The molecule has 1 aliphatic rings. The van der Waals surface area contributed by atoms with Gasteiger partial charge in [-0.3, -0.25) is 4.79 Å². The van der Waals surface area contributed by atoms with E-state index >= 15 is 0 Å². The number of hydrogen-bond donors (Lipinski definition) is 5. The summed E-state index contributed by atoms with van der Waals surface area (Å²) in [6, 6.07) is 4.40. The van der Waals surface area contributed by atoms with Crippen molar-refractivity contribution >= 4 is 12.0 Å². The zero-order valence-corrected chi connectivity index (χ0v) is 15.4. The van der Waals surface area contributed by atoms with Gasteiger partial charge < -0.3 is 35.4 Å². The summed E-state index contributed by atoms with van der Waals surface area (Å²) in [5.41, 5.74) is 0.854. The minimum atomic E-state index is -0.344. The molecule has 0 spiro atoms. The smallest absolute Gasteiger partial charge is 0.314 e. The van der Waals surface area contributed by atoms with Crippen molar-refractivity contribution in [3.63, 3.8) is 0 Å². The van der Waals surface area contributed by atoms with Gasteiger partial charge in [0, 0.05) is 25.8 Å². The minimum absolute atomic E-state index is 0.0446. The highest BCUT2D eigenvalue weighted by atomic mass is 16.5. The zero-order chi connectivity index (χ0) is 20.1. The number of benzene rings is 1. The van der Waals surface area contributed by atoms with Crippen LogP contribution in [0.5, 0.6) is 11.5 Å². The second-order valence-corrected chi connectivity index (χ2v) is 5.72. The van der Waals surface area contributed by atoms with Gasteiger partial charge >= 0.3 is 12.0 Å². The summed E-state index contributed by atoms with van der Waals surface area (Å²) >= 11 is 0. The molecule has 1 aliphatic heterocycles. The topological polar surface area (TPSA) is 137 Å². The molecule has 1 atom stereocenters. The molecule has 1 aromatic rings. The van der Waals surface area contributed by atoms with E-state index in [2.05, 4.69) is 10.6 Å². The molecule has 5 N–H and O–H groups in total. The monoisotopic (exact) mass is 384 g/mol. The highest BCUT2D eigenvalue weighted by molar-refractivity contribution is 5.77. The highest BCUT2D eigenvalue weighted by Gasteiger charge is 2.27. The molecule has 0 aromatic heterocycles. The van der Waals surface area contributed by atoms with E-state index < -0.39 is 0 Å². The number of ether oxygens (including phenoxy) is 2. The largest absolute Gasteiger partial charge is 0.508 e. The molecule has 2 rings (SSSR count). The number of hydrogen-bond acceptors (Lipinski definition) is 7. The van der Waals surface area contributed by atoms with Crippen LogP contribution in [0, 0.1) is 0 Å². The molecule has 0 saturated heterocycles. The normalized spacial score (nSPS) is 15.1. The summed E-state index contributed by atoms with van der Waals surface area (Å²) in [5, 5.41) is 30.9. The number of aromatic hydroxyl groups is 1. The van der Waals surface area contributed by atoms with Gasteiger partial charge in [0.2, 0.25) is 0 Å². The number of phenols is 1. The maximum absolute atomic E-state index is 11.6. The standard InChI is InChI=1S/C16H22N2O6.C2H6O/c19-6-8-23-7-5-18-16(22)17-4-3-11-9-15(21)24-14-10-12(20)1-2-13(11)14;1-2-3/h1-2,10-11,19-20H,3-9H2,(H2,17,18,22);3H,2H2,1H3. The number of nitrogens with one attached hydrogen (secondary N) is 2. The van der Waals surface area contributed by atoms with Gasteiger partial charge in [-0.2, -0.15) is 0 Å². The molecule has 0 radical (unpaired) electrons. The van der Waals surface area contributed by atoms with Gasteiger partial charge in [0.15, 0.2) is 0 Å². The molecule has 0 aliphatic carbocycles. The molecule has 9 nitrogen and oxygen atoms in total. The summed E-state index contributed by atoms with van der Waals surface area (Å²) in [5.74, 6) is 0.0171. The van der Waals surface area contributed by atoms with Gasteiger partial charge in [0.05, 0.1) is 26.2 Å². The van der Waals surface area contributed by atoms with Crippen LogP contribution in [-0.2, 0) is 9.53 Å². The van der Waals surface area contributed by atoms with Crippen molar-refractivity contribution in [1.82, 2.24) is 10.6 Å². The van der Waals surface area contributed by atoms with Crippen molar-refractivity contribution in [1.29, 1.82) is 0 Å². The third kappa shape index (κ3) is 8.72. The van der Waals surface area contributed by atoms with Crippen LogP contribution < -0.4 is 15.4 Å². The number of amides is 2. The minimum Gasteiger partial charge on any atom is -0.508 e. The molecule has 0 bridgehead atoms. The number of carbonyl (C=O) groups excluding carboxylic acids is 2.